The van der Waals surface area contributed by atoms with Gasteiger partial charge in [-0.3, -0.25) is 0 Å². The predicted molar refractivity (Wildman–Crippen MR) is 169 cm³/mol. The summed E-state index contributed by atoms with van der Waals surface area (Å²) in [7, 11) is 0. The maximum absolute atomic E-state index is 7.38. The average Bonchev–Trinajstić information content (AvgIpc) is 2.99. The van der Waals surface area contributed by atoms with Crippen LogP contribution in [0.25, 0.3) is 32.3 Å². The van der Waals surface area contributed by atoms with Crippen LogP contribution in [-0.2, 0) is 5.54 Å². The van der Waals surface area contributed by atoms with Crippen molar-refractivity contribution in [2.75, 3.05) is 5.73 Å². The summed E-state index contributed by atoms with van der Waals surface area (Å²) in [6.07, 6.45) is 4.89. The Kier molecular flexibility index (Phi) is 4.46. The molecule has 4 N–H and O–H groups in total. The minimum absolute atomic E-state index is 0.00480. The third-order valence-electron chi connectivity index (χ3n) is 8.99. The van der Waals surface area contributed by atoms with Crippen LogP contribution in [0.5, 0.6) is 17.2 Å². The Hall–Kier alpha value is -5.00. The molecule has 41 heavy (non-hydrogen) atoms. The molecule has 0 saturated carbocycles. The van der Waals surface area contributed by atoms with Crippen LogP contribution >= 0.6 is 0 Å². The van der Waals surface area contributed by atoms with Gasteiger partial charge in [0.15, 0.2) is 0 Å². The molecule has 0 radical (unpaired) electrons. The molecule has 0 bridgehead atoms. The van der Waals surface area contributed by atoms with E-state index in [2.05, 4.69) is 84.9 Å². The lowest BCUT2D eigenvalue weighted by Gasteiger charge is -2.39. The van der Waals surface area contributed by atoms with E-state index in [0.717, 1.165) is 45.0 Å². The van der Waals surface area contributed by atoms with E-state index in [-0.39, 0.29) is 6.71 Å². The van der Waals surface area contributed by atoms with Gasteiger partial charge in [0.05, 0.1) is 5.54 Å². The molecule has 2 aliphatic heterocycles. The highest BCUT2D eigenvalue weighted by Crippen LogP contribution is 2.44. The van der Waals surface area contributed by atoms with E-state index in [9.17, 15) is 0 Å². The van der Waals surface area contributed by atoms with Crippen LogP contribution in [0, 0.1) is 0 Å². The number of anilines is 1. The smallest absolute Gasteiger partial charge is 0.260 e. The van der Waals surface area contributed by atoms with Crippen molar-refractivity contribution in [3.8, 4) is 17.2 Å². The zero-order valence-electron chi connectivity index (χ0n) is 22.2. The number of ether oxygens (including phenoxy) is 2. The summed E-state index contributed by atoms with van der Waals surface area (Å²) < 4.78 is 12.9. The van der Waals surface area contributed by atoms with Crippen molar-refractivity contribution in [1.82, 2.24) is 0 Å². The number of nitrogens with two attached hydrogens (primary N) is 2. The highest BCUT2D eigenvalue weighted by Gasteiger charge is 2.44. The van der Waals surface area contributed by atoms with Gasteiger partial charge in [0.1, 0.15) is 23.0 Å². The van der Waals surface area contributed by atoms with E-state index >= 15 is 0 Å². The first kappa shape index (κ1) is 22.8. The van der Waals surface area contributed by atoms with E-state index < -0.39 is 5.54 Å². The molecule has 1 atom stereocenters. The molecule has 9 rings (SSSR count). The van der Waals surface area contributed by atoms with E-state index in [1.165, 1.54) is 32.3 Å². The summed E-state index contributed by atoms with van der Waals surface area (Å²) in [5.74, 6) is 3.32. The largest absolute Gasteiger partial charge is 0.463 e. The Morgan fingerprint density at radius 2 is 1.44 bits per heavy atom. The molecule has 6 aromatic carbocycles. The van der Waals surface area contributed by atoms with Crippen LogP contribution in [0.2, 0.25) is 0 Å². The summed E-state index contributed by atoms with van der Waals surface area (Å²) in [6.45, 7) is -0.00480. The van der Waals surface area contributed by atoms with Crippen molar-refractivity contribution < 1.29 is 9.47 Å². The van der Waals surface area contributed by atoms with Gasteiger partial charge in [-0.05, 0) is 79.1 Å². The number of benzene rings is 6. The zero-order chi connectivity index (χ0) is 27.3. The van der Waals surface area contributed by atoms with Crippen molar-refractivity contribution in [2.45, 2.75) is 12.0 Å². The van der Waals surface area contributed by atoms with Crippen molar-refractivity contribution >= 4 is 55.6 Å². The predicted octanol–water partition coefficient (Wildman–Crippen LogP) is 6.44. The summed E-state index contributed by atoms with van der Waals surface area (Å²) >= 11 is 0. The number of fused-ring (bicyclic) bond motifs is 7. The number of allylic oxidation sites excluding steroid dienone is 2. The minimum atomic E-state index is -0.748. The van der Waals surface area contributed by atoms with Crippen LogP contribution in [0.15, 0.2) is 127 Å². The molecule has 0 aromatic heterocycles. The summed E-state index contributed by atoms with van der Waals surface area (Å²) in [6, 6.07) is 35.9. The molecule has 0 fully saturated rings. The van der Waals surface area contributed by atoms with Gasteiger partial charge in [-0.1, -0.05) is 78.9 Å². The van der Waals surface area contributed by atoms with Crippen LogP contribution in [0.3, 0.4) is 0 Å². The summed E-state index contributed by atoms with van der Waals surface area (Å²) in [5.41, 5.74) is 17.8. The molecule has 1 unspecified atom stereocenters. The van der Waals surface area contributed by atoms with Crippen LogP contribution in [0.4, 0.5) is 5.69 Å². The molecule has 1 aliphatic carbocycles. The zero-order valence-corrected chi connectivity index (χ0v) is 22.2. The fourth-order valence-corrected chi connectivity index (χ4v) is 7.08. The quantitative estimate of drug-likeness (QED) is 0.112. The molecule has 4 nitrogen and oxygen atoms in total. The second-order valence-corrected chi connectivity index (χ2v) is 11.4. The number of hydrogen-bond acceptors (Lipinski definition) is 4. The fourth-order valence-electron chi connectivity index (χ4n) is 7.08. The molecule has 6 aromatic rings. The minimum Gasteiger partial charge on any atom is -0.463 e. The lowest BCUT2D eigenvalue weighted by atomic mass is 9.33. The maximum Gasteiger partial charge on any atom is 0.260 e. The van der Waals surface area contributed by atoms with Crippen molar-refractivity contribution in [3.05, 3.63) is 132 Å². The second kappa shape index (κ2) is 8.03. The summed E-state index contributed by atoms with van der Waals surface area (Å²) in [5, 5.41) is 7.25. The number of hydrogen-bond donors (Lipinski definition) is 2. The number of rotatable bonds is 1. The van der Waals surface area contributed by atoms with Crippen molar-refractivity contribution in [1.29, 1.82) is 0 Å². The first-order valence-electron chi connectivity index (χ1n) is 14.0. The Bertz CT molecular complexity index is 2180. The molecule has 2 heterocycles. The molecule has 0 saturated heterocycles. The second-order valence-electron chi connectivity index (χ2n) is 11.4. The number of nitrogen functional groups attached to an aromatic ring is 1. The van der Waals surface area contributed by atoms with Gasteiger partial charge in [-0.25, -0.2) is 0 Å². The van der Waals surface area contributed by atoms with Crippen molar-refractivity contribution in [3.63, 3.8) is 0 Å². The van der Waals surface area contributed by atoms with E-state index in [4.69, 9.17) is 20.9 Å². The molecule has 5 heteroatoms. The third kappa shape index (κ3) is 3.21. The Balaban J connectivity index is 1.23. The highest BCUT2D eigenvalue weighted by atomic mass is 16.5. The fraction of sp³-hybridized carbons (Fsp3) is 0.0556. The Morgan fingerprint density at radius 3 is 2.32 bits per heavy atom. The normalized spacial score (nSPS) is 18.6. The Morgan fingerprint density at radius 1 is 0.683 bits per heavy atom. The van der Waals surface area contributed by atoms with Gasteiger partial charge in [0, 0.05) is 23.6 Å². The van der Waals surface area contributed by atoms with E-state index in [1.54, 1.807) is 0 Å². The van der Waals surface area contributed by atoms with Gasteiger partial charge in [0.2, 0.25) is 0 Å². The highest BCUT2D eigenvalue weighted by molar-refractivity contribution is 6.93. The van der Waals surface area contributed by atoms with Gasteiger partial charge >= 0.3 is 0 Å². The standard InChI is InChI=1S/C36H25BN2O2/c38-25-13-14-28-32(19-25)40-30-9-4-10-31-35(30)37(28)29-15-16-36(39,20-33(29)41-31)27-8-3-7-21-11-12-24-17-22-5-1-2-6-23(22)18-26(24)34(21)27/h1-19H,20,38-39H2. The van der Waals surface area contributed by atoms with Crippen molar-refractivity contribution in [2.24, 2.45) is 5.73 Å². The van der Waals surface area contributed by atoms with E-state index in [1.807, 2.05) is 30.3 Å². The van der Waals surface area contributed by atoms with Gasteiger partial charge < -0.3 is 20.9 Å². The molecular formula is C36H25BN2O2. The maximum atomic E-state index is 7.38. The van der Waals surface area contributed by atoms with Crippen LogP contribution < -0.4 is 31.9 Å². The van der Waals surface area contributed by atoms with Gasteiger partial charge in [-0.2, -0.15) is 0 Å². The first-order valence-corrected chi connectivity index (χ1v) is 14.0. The molecule has 0 amide bonds. The van der Waals surface area contributed by atoms with Crippen LogP contribution in [0.1, 0.15) is 12.0 Å². The van der Waals surface area contributed by atoms with E-state index in [0.29, 0.717) is 12.1 Å². The lowest BCUT2D eigenvalue weighted by molar-refractivity contribution is 0.358. The van der Waals surface area contributed by atoms with Gasteiger partial charge in [0.25, 0.3) is 6.71 Å². The molecule has 0 spiro atoms. The topological polar surface area (TPSA) is 70.5 Å². The molecule has 3 aliphatic rings. The Labute approximate surface area is 237 Å². The summed E-state index contributed by atoms with van der Waals surface area (Å²) in [4.78, 5) is 0. The first-order chi connectivity index (χ1) is 20.1. The average molecular weight is 528 g/mol. The van der Waals surface area contributed by atoms with Gasteiger partial charge in [-0.15, -0.1) is 0 Å². The third-order valence-corrected chi connectivity index (χ3v) is 8.99. The monoisotopic (exact) mass is 528 g/mol. The SMILES string of the molecule is Nc1ccc2c(c1)Oc1cccc3c1B2C1=C(CC(N)(c2cccc4ccc5cc6ccccc6cc5c24)C=C1)O3. The lowest BCUT2D eigenvalue weighted by Crippen LogP contribution is -2.52. The van der Waals surface area contributed by atoms with Crippen LogP contribution in [-0.4, -0.2) is 6.71 Å². The molecular weight excluding hydrogens is 503 g/mol. The molecule has 194 valence electrons.